The summed E-state index contributed by atoms with van der Waals surface area (Å²) in [5.41, 5.74) is 8.14. The van der Waals surface area contributed by atoms with Crippen LogP contribution in [0, 0.1) is 5.82 Å². The van der Waals surface area contributed by atoms with Gasteiger partial charge in [0.25, 0.3) is 0 Å². The van der Waals surface area contributed by atoms with Crippen molar-refractivity contribution < 1.29 is 13.5 Å². The number of nitrogens with two attached hydrogens (primary N) is 1. The van der Waals surface area contributed by atoms with Crippen LogP contribution in [-0.2, 0) is 6.42 Å². The quantitative estimate of drug-likeness (QED) is 0.442. The summed E-state index contributed by atoms with van der Waals surface area (Å²) in [6, 6.07) is 5.91. The maximum atomic E-state index is 14.1. The highest BCUT2D eigenvalue weighted by Crippen LogP contribution is 2.33. The molecule has 0 fully saturated rings. The lowest BCUT2D eigenvalue weighted by Gasteiger charge is -2.10. The molecule has 138 valence electrons. The zero-order valence-electron chi connectivity index (χ0n) is 14.6. The number of aromatic nitrogens is 2. The summed E-state index contributed by atoms with van der Waals surface area (Å²) in [4.78, 5) is 7.35. The Morgan fingerprint density at radius 2 is 2.15 bits per heavy atom. The van der Waals surface area contributed by atoms with Gasteiger partial charge in [0.05, 0.1) is 5.39 Å². The van der Waals surface area contributed by atoms with Gasteiger partial charge in [-0.3, -0.25) is 0 Å². The monoisotopic (exact) mass is 367 g/mol. The average Bonchev–Trinajstić information content (AvgIpc) is 3.06. The SMILES string of the molecule is C=C/C=C\C(=C/CF)Cc1c[nH]c2nccc(Oc3ccc(N)cc3F)c12. The Bertz CT molecular complexity index is 1020. The number of benzene rings is 1. The molecule has 3 N–H and O–H groups in total. The number of alkyl halides is 1. The molecule has 0 atom stereocenters. The van der Waals surface area contributed by atoms with Gasteiger partial charge in [-0.15, -0.1) is 0 Å². The van der Waals surface area contributed by atoms with E-state index < -0.39 is 12.5 Å². The van der Waals surface area contributed by atoms with Crippen molar-refractivity contribution >= 4 is 16.7 Å². The smallest absolute Gasteiger partial charge is 0.167 e. The van der Waals surface area contributed by atoms with Crippen LogP contribution in [0.5, 0.6) is 11.5 Å². The fourth-order valence-corrected chi connectivity index (χ4v) is 2.74. The molecule has 0 spiro atoms. The van der Waals surface area contributed by atoms with Crippen LogP contribution in [0.1, 0.15) is 5.56 Å². The molecule has 0 saturated heterocycles. The van der Waals surface area contributed by atoms with E-state index in [-0.39, 0.29) is 5.75 Å². The molecular weight excluding hydrogens is 348 g/mol. The van der Waals surface area contributed by atoms with E-state index in [4.69, 9.17) is 10.5 Å². The van der Waals surface area contributed by atoms with E-state index in [9.17, 15) is 8.78 Å². The summed E-state index contributed by atoms with van der Waals surface area (Å²) >= 11 is 0. The van der Waals surface area contributed by atoms with Crippen LogP contribution in [0.3, 0.4) is 0 Å². The fraction of sp³-hybridized carbons (Fsp3) is 0.0952. The normalized spacial score (nSPS) is 12.0. The third kappa shape index (κ3) is 4.23. The summed E-state index contributed by atoms with van der Waals surface area (Å²) in [6.45, 7) is 3.05. The van der Waals surface area contributed by atoms with Gasteiger partial charge in [0.2, 0.25) is 0 Å². The first-order chi connectivity index (χ1) is 13.1. The number of ether oxygens (including phenoxy) is 1. The van der Waals surface area contributed by atoms with Crippen molar-refractivity contribution in [3.8, 4) is 11.5 Å². The van der Waals surface area contributed by atoms with Crippen molar-refractivity contribution in [1.82, 2.24) is 9.97 Å². The molecule has 0 saturated carbocycles. The van der Waals surface area contributed by atoms with Gasteiger partial charge >= 0.3 is 0 Å². The predicted molar refractivity (Wildman–Crippen MR) is 104 cm³/mol. The first kappa shape index (κ1) is 18.4. The van der Waals surface area contributed by atoms with Crippen LogP contribution in [0.4, 0.5) is 14.5 Å². The minimum absolute atomic E-state index is 0.0647. The Hall–Kier alpha value is -3.41. The number of pyridine rings is 1. The van der Waals surface area contributed by atoms with Gasteiger partial charge in [-0.25, -0.2) is 13.8 Å². The number of nitrogens with zero attached hydrogens (tertiary/aromatic N) is 1. The second-order valence-electron chi connectivity index (χ2n) is 5.84. The van der Waals surface area contributed by atoms with E-state index >= 15 is 0 Å². The van der Waals surface area contributed by atoms with Crippen molar-refractivity contribution in [2.75, 3.05) is 12.4 Å². The topological polar surface area (TPSA) is 63.9 Å². The molecule has 0 unspecified atom stereocenters. The number of rotatable bonds is 7. The third-order valence-electron chi connectivity index (χ3n) is 3.97. The summed E-state index contributed by atoms with van der Waals surface area (Å²) in [5, 5.41) is 0.713. The Morgan fingerprint density at radius 3 is 2.89 bits per heavy atom. The van der Waals surface area contributed by atoms with Gasteiger partial charge in [0.1, 0.15) is 18.1 Å². The molecule has 27 heavy (non-hydrogen) atoms. The number of nitrogens with one attached hydrogen (secondary N) is 1. The van der Waals surface area contributed by atoms with Crippen LogP contribution in [0.2, 0.25) is 0 Å². The molecule has 0 aliphatic heterocycles. The number of anilines is 1. The Labute approximate surface area is 155 Å². The molecule has 1 aromatic carbocycles. The molecule has 6 heteroatoms. The molecular formula is C21H19F2N3O. The van der Waals surface area contributed by atoms with E-state index in [2.05, 4.69) is 16.5 Å². The first-order valence-corrected chi connectivity index (χ1v) is 8.34. The zero-order chi connectivity index (χ0) is 19.2. The third-order valence-corrected chi connectivity index (χ3v) is 3.97. The highest BCUT2D eigenvalue weighted by Gasteiger charge is 2.14. The highest BCUT2D eigenvalue weighted by atomic mass is 19.1. The van der Waals surface area contributed by atoms with Crippen molar-refractivity contribution in [3.05, 3.63) is 84.5 Å². The molecule has 0 aliphatic rings. The minimum Gasteiger partial charge on any atom is -0.453 e. The van der Waals surface area contributed by atoms with Crippen molar-refractivity contribution in [2.24, 2.45) is 0 Å². The predicted octanol–water partition coefficient (Wildman–Crippen LogP) is 5.26. The van der Waals surface area contributed by atoms with Gasteiger partial charge in [0, 0.05) is 24.1 Å². The number of hydrogen-bond donors (Lipinski definition) is 2. The lowest BCUT2D eigenvalue weighted by atomic mass is 10.0. The number of fused-ring (bicyclic) bond motifs is 1. The molecule has 4 nitrogen and oxygen atoms in total. The lowest BCUT2D eigenvalue weighted by molar-refractivity contribution is 0.446. The van der Waals surface area contributed by atoms with Crippen LogP contribution < -0.4 is 10.5 Å². The standard InChI is InChI=1S/C21H19F2N3O/c1-2-3-4-14(7-9-22)11-15-13-26-21-20(15)19(8-10-25-21)27-18-6-5-16(24)12-17(18)23/h2-8,10,12-13H,1,9,11,24H2,(H,25,26)/b4-3-,14-7+. The van der Waals surface area contributed by atoms with Crippen LogP contribution in [0.25, 0.3) is 11.0 Å². The van der Waals surface area contributed by atoms with Crippen LogP contribution in [-0.4, -0.2) is 16.6 Å². The molecule has 0 bridgehead atoms. The lowest BCUT2D eigenvalue weighted by Crippen LogP contribution is -1.94. The molecule has 2 heterocycles. The number of hydrogen-bond acceptors (Lipinski definition) is 3. The minimum atomic E-state index is -0.572. The van der Waals surface area contributed by atoms with Crippen LogP contribution >= 0.6 is 0 Å². The first-order valence-electron chi connectivity index (χ1n) is 8.34. The van der Waals surface area contributed by atoms with Gasteiger partial charge in [-0.05, 0) is 35.8 Å². The summed E-state index contributed by atoms with van der Waals surface area (Å²) in [7, 11) is 0. The van der Waals surface area contributed by atoms with Crippen molar-refractivity contribution in [3.63, 3.8) is 0 Å². The largest absolute Gasteiger partial charge is 0.453 e. The van der Waals surface area contributed by atoms with Crippen molar-refractivity contribution in [1.29, 1.82) is 0 Å². The number of nitrogen functional groups attached to an aromatic ring is 1. The molecule has 3 aromatic rings. The number of halogens is 2. The van der Waals surface area contributed by atoms with Crippen molar-refractivity contribution in [2.45, 2.75) is 6.42 Å². The van der Waals surface area contributed by atoms with E-state index in [0.29, 0.717) is 28.9 Å². The fourth-order valence-electron chi connectivity index (χ4n) is 2.74. The molecule has 0 radical (unpaired) electrons. The van der Waals surface area contributed by atoms with Crippen LogP contribution in [0.15, 0.2) is 73.1 Å². The average molecular weight is 367 g/mol. The van der Waals surface area contributed by atoms with Gasteiger partial charge in [-0.1, -0.05) is 30.9 Å². The van der Waals surface area contributed by atoms with Gasteiger partial charge < -0.3 is 15.5 Å². The second-order valence-corrected chi connectivity index (χ2v) is 5.84. The van der Waals surface area contributed by atoms with Gasteiger partial charge in [0.15, 0.2) is 11.6 Å². The highest BCUT2D eigenvalue weighted by molar-refractivity contribution is 5.87. The Balaban J connectivity index is 2.00. The van der Waals surface area contributed by atoms with E-state index in [1.54, 1.807) is 42.8 Å². The number of allylic oxidation sites excluding steroid dienone is 5. The molecule has 0 amide bonds. The summed E-state index contributed by atoms with van der Waals surface area (Å²) in [6.07, 6.45) is 10.5. The van der Waals surface area contributed by atoms with E-state index in [0.717, 1.165) is 11.1 Å². The Kier molecular flexibility index (Phi) is 5.66. The maximum Gasteiger partial charge on any atom is 0.167 e. The number of aromatic amines is 1. The summed E-state index contributed by atoms with van der Waals surface area (Å²) in [5.74, 6) is -0.0360. The number of H-pyrrole nitrogens is 1. The maximum absolute atomic E-state index is 14.1. The van der Waals surface area contributed by atoms with E-state index in [1.165, 1.54) is 18.2 Å². The zero-order valence-corrected chi connectivity index (χ0v) is 14.6. The van der Waals surface area contributed by atoms with E-state index in [1.807, 2.05) is 0 Å². The second kappa shape index (κ2) is 8.31. The molecule has 2 aromatic heterocycles. The molecule has 0 aliphatic carbocycles. The molecule has 3 rings (SSSR count). The Morgan fingerprint density at radius 1 is 1.30 bits per heavy atom. The summed E-state index contributed by atoms with van der Waals surface area (Å²) < 4.78 is 32.7. The van der Waals surface area contributed by atoms with Gasteiger partial charge in [-0.2, -0.15) is 0 Å².